The molecule has 0 aliphatic carbocycles. The Bertz CT molecular complexity index is 589. The average molecular weight is 344 g/mol. The molecule has 0 bridgehead atoms. The van der Waals surface area contributed by atoms with E-state index in [0.717, 1.165) is 37.2 Å². The van der Waals surface area contributed by atoms with Crippen LogP contribution in [-0.4, -0.2) is 41.6 Å². The first-order chi connectivity index (χ1) is 12.0. The summed E-state index contributed by atoms with van der Waals surface area (Å²) in [5.41, 5.74) is 4.64. The molecule has 1 aromatic carbocycles. The maximum Gasteiger partial charge on any atom is 0.240 e. The molecule has 25 heavy (non-hydrogen) atoms. The molecule has 2 amide bonds. The highest BCUT2D eigenvalue weighted by atomic mass is 16.2. The second-order valence-electron chi connectivity index (χ2n) is 6.61. The van der Waals surface area contributed by atoms with Gasteiger partial charge in [-0.25, -0.2) is 5.43 Å². The summed E-state index contributed by atoms with van der Waals surface area (Å²) >= 11 is 0. The molecule has 6 heteroatoms. The number of likely N-dealkylation sites (tertiary alicyclic amines) is 1. The quantitative estimate of drug-likeness (QED) is 0.744. The third-order valence-electron chi connectivity index (χ3n) is 4.36. The molecule has 2 N–H and O–H groups in total. The Hall–Kier alpha value is -2.21. The predicted molar refractivity (Wildman–Crippen MR) is 99.0 cm³/mol. The summed E-state index contributed by atoms with van der Waals surface area (Å²) in [5, 5.41) is 7.02. The summed E-state index contributed by atoms with van der Waals surface area (Å²) in [6, 6.07) is 10.2. The van der Waals surface area contributed by atoms with Crippen LogP contribution in [-0.2, 0) is 16.1 Å². The fourth-order valence-corrected chi connectivity index (χ4v) is 2.72. The third-order valence-corrected chi connectivity index (χ3v) is 4.36. The summed E-state index contributed by atoms with van der Waals surface area (Å²) in [5.74, 6) is -0.342. The summed E-state index contributed by atoms with van der Waals surface area (Å²) < 4.78 is 0. The van der Waals surface area contributed by atoms with Crippen LogP contribution in [0, 0.1) is 0 Å². The van der Waals surface area contributed by atoms with E-state index in [2.05, 4.69) is 34.6 Å². The fraction of sp³-hybridized carbons (Fsp3) is 0.526. The van der Waals surface area contributed by atoms with E-state index in [1.165, 1.54) is 0 Å². The minimum Gasteiger partial charge on any atom is -0.352 e. The van der Waals surface area contributed by atoms with E-state index < -0.39 is 0 Å². The average Bonchev–Trinajstić information content (AvgIpc) is 2.64. The highest BCUT2D eigenvalue weighted by molar-refractivity contribution is 5.88. The second kappa shape index (κ2) is 9.93. The molecule has 1 fully saturated rings. The van der Waals surface area contributed by atoms with Crippen molar-refractivity contribution in [2.45, 2.75) is 52.1 Å². The zero-order valence-corrected chi connectivity index (χ0v) is 15.1. The fourth-order valence-electron chi connectivity index (χ4n) is 2.72. The number of carbonyl (C=O) groups excluding carboxylic acids is 2. The number of carbonyl (C=O) groups is 2. The minimum atomic E-state index is -0.214. The molecule has 2 rings (SSSR count). The molecule has 1 aliphatic heterocycles. The molecular formula is C19H28N4O2. The van der Waals surface area contributed by atoms with Crippen molar-refractivity contribution in [1.29, 1.82) is 0 Å². The summed E-state index contributed by atoms with van der Waals surface area (Å²) in [7, 11) is 0. The lowest BCUT2D eigenvalue weighted by Crippen LogP contribution is -2.39. The van der Waals surface area contributed by atoms with Gasteiger partial charge in [0.2, 0.25) is 11.8 Å². The molecule has 0 aromatic heterocycles. The Morgan fingerprint density at radius 1 is 1.08 bits per heavy atom. The Labute approximate surface area is 149 Å². The van der Waals surface area contributed by atoms with Gasteiger partial charge in [-0.05, 0) is 19.4 Å². The lowest BCUT2D eigenvalue weighted by molar-refractivity contribution is -0.126. The normalized spacial score (nSPS) is 15.1. The number of amides is 2. The van der Waals surface area contributed by atoms with E-state index in [9.17, 15) is 9.59 Å². The van der Waals surface area contributed by atoms with Crippen molar-refractivity contribution < 1.29 is 9.59 Å². The number of nitrogens with one attached hydrogen (secondary N) is 2. The van der Waals surface area contributed by atoms with E-state index in [0.29, 0.717) is 12.6 Å². The maximum atomic E-state index is 11.8. The van der Waals surface area contributed by atoms with Crippen LogP contribution < -0.4 is 10.7 Å². The molecule has 136 valence electrons. The molecule has 1 aliphatic rings. The molecule has 0 spiro atoms. The van der Waals surface area contributed by atoms with Crippen LogP contribution in [0.4, 0.5) is 0 Å². The number of hydrogen-bond acceptors (Lipinski definition) is 4. The molecule has 6 nitrogen and oxygen atoms in total. The lowest BCUT2D eigenvalue weighted by atomic mass is 10.1. The van der Waals surface area contributed by atoms with Crippen molar-refractivity contribution in [2.24, 2.45) is 5.10 Å². The highest BCUT2D eigenvalue weighted by Crippen LogP contribution is 2.10. The maximum absolute atomic E-state index is 11.8. The number of rotatable bonds is 7. The van der Waals surface area contributed by atoms with Crippen LogP contribution in [0.15, 0.2) is 35.4 Å². The van der Waals surface area contributed by atoms with Gasteiger partial charge in [0.15, 0.2) is 0 Å². The molecular weight excluding hydrogens is 316 g/mol. The van der Waals surface area contributed by atoms with Gasteiger partial charge >= 0.3 is 0 Å². The topological polar surface area (TPSA) is 73.8 Å². The predicted octanol–water partition coefficient (Wildman–Crippen LogP) is 2.06. The van der Waals surface area contributed by atoms with Crippen LogP contribution in [0.2, 0.25) is 0 Å². The Kier molecular flexibility index (Phi) is 7.60. The second-order valence-corrected chi connectivity index (χ2v) is 6.61. The molecule has 1 saturated heterocycles. The third kappa shape index (κ3) is 7.05. The van der Waals surface area contributed by atoms with Crippen LogP contribution >= 0.6 is 0 Å². The highest BCUT2D eigenvalue weighted by Gasteiger charge is 2.17. The monoisotopic (exact) mass is 344 g/mol. The van der Waals surface area contributed by atoms with Gasteiger partial charge in [-0.3, -0.25) is 9.59 Å². The van der Waals surface area contributed by atoms with Crippen molar-refractivity contribution in [1.82, 2.24) is 15.6 Å². The number of hydrogen-bond donors (Lipinski definition) is 2. The van der Waals surface area contributed by atoms with Gasteiger partial charge in [-0.2, -0.15) is 5.10 Å². The smallest absolute Gasteiger partial charge is 0.240 e. The van der Waals surface area contributed by atoms with Crippen molar-refractivity contribution in [2.75, 3.05) is 13.1 Å². The Morgan fingerprint density at radius 3 is 2.36 bits per heavy atom. The molecule has 0 unspecified atom stereocenters. The minimum absolute atomic E-state index is 0.128. The van der Waals surface area contributed by atoms with Gasteiger partial charge in [0.1, 0.15) is 0 Å². The van der Waals surface area contributed by atoms with E-state index >= 15 is 0 Å². The van der Waals surface area contributed by atoms with Crippen LogP contribution in [0.5, 0.6) is 0 Å². The van der Waals surface area contributed by atoms with E-state index in [1.54, 1.807) is 0 Å². The van der Waals surface area contributed by atoms with Gasteiger partial charge in [0.25, 0.3) is 0 Å². The van der Waals surface area contributed by atoms with Crippen LogP contribution in [0.1, 0.15) is 45.1 Å². The molecule has 0 saturated carbocycles. The van der Waals surface area contributed by atoms with Gasteiger partial charge < -0.3 is 10.2 Å². The molecule has 0 radical (unpaired) electrons. The summed E-state index contributed by atoms with van der Waals surface area (Å²) in [4.78, 5) is 26.0. The van der Waals surface area contributed by atoms with E-state index in [-0.39, 0.29) is 24.7 Å². The first-order valence-corrected chi connectivity index (χ1v) is 8.93. The van der Waals surface area contributed by atoms with Crippen LogP contribution in [0.3, 0.4) is 0 Å². The Balaban J connectivity index is 1.62. The first kappa shape index (κ1) is 19.1. The lowest BCUT2D eigenvalue weighted by Gasteiger charge is -2.30. The number of hydrazone groups is 1. The van der Waals surface area contributed by atoms with Crippen LogP contribution in [0.25, 0.3) is 0 Å². The largest absolute Gasteiger partial charge is 0.352 e. The summed E-state index contributed by atoms with van der Waals surface area (Å²) in [6.45, 7) is 6.82. The van der Waals surface area contributed by atoms with E-state index in [4.69, 9.17) is 0 Å². The number of benzene rings is 1. The zero-order valence-electron chi connectivity index (χ0n) is 15.1. The van der Waals surface area contributed by atoms with Gasteiger partial charge in [0.05, 0.1) is 0 Å². The van der Waals surface area contributed by atoms with Gasteiger partial charge in [0, 0.05) is 57.1 Å². The molecule has 1 heterocycles. The van der Waals surface area contributed by atoms with Crippen molar-refractivity contribution in [3.8, 4) is 0 Å². The zero-order chi connectivity index (χ0) is 18.1. The number of nitrogens with zero attached hydrogens (tertiary/aromatic N) is 2. The SMILES string of the molecule is CC(C)N1CCC(=NNC(=O)CCC(=O)NCc2ccccc2)CC1. The Morgan fingerprint density at radius 2 is 1.72 bits per heavy atom. The van der Waals surface area contributed by atoms with Gasteiger partial charge in [-0.15, -0.1) is 0 Å². The van der Waals surface area contributed by atoms with Crippen molar-refractivity contribution in [3.05, 3.63) is 35.9 Å². The van der Waals surface area contributed by atoms with Gasteiger partial charge in [-0.1, -0.05) is 30.3 Å². The van der Waals surface area contributed by atoms with Crippen molar-refractivity contribution in [3.63, 3.8) is 0 Å². The first-order valence-electron chi connectivity index (χ1n) is 8.93. The summed E-state index contributed by atoms with van der Waals surface area (Å²) in [6.07, 6.45) is 2.09. The number of piperidine rings is 1. The molecule has 0 atom stereocenters. The standard InChI is InChI=1S/C19H28N4O2/c1-15(2)23-12-10-17(11-13-23)21-22-19(25)9-8-18(24)20-14-16-6-4-3-5-7-16/h3-7,15H,8-14H2,1-2H3,(H,20,24)(H,22,25). The molecule has 1 aromatic rings. The van der Waals surface area contributed by atoms with Crippen molar-refractivity contribution >= 4 is 17.5 Å². The van der Waals surface area contributed by atoms with E-state index in [1.807, 2.05) is 30.3 Å².